The summed E-state index contributed by atoms with van der Waals surface area (Å²) in [5, 5.41) is 0. The summed E-state index contributed by atoms with van der Waals surface area (Å²) in [6.45, 7) is 7.51. The average Bonchev–Trinajstić information content (AvgIpc) is 1.96. The topological polar surface area (TPSA) is 113 Å². The van der Waals surface area contributed by atoms with Gasteiger partial charge < -0.3 is 24.0 Å². The first-order chi connectivity index (χ1) is 6.18. The molecular weight excluding hydrogens is 328 g/mol. The second kappa shape index (κ2) is 20.2. The van der Waals surface area contributed by atoms with Crippen molar-refractivity contribution in [2.45, 2.75) is 20.3 Å². The van der Waals surface area contributed by atoms with E-state index in [1.54, 1.807) is 6.92 Å². The number of carbonyl (C=O) groups excluding carboxylic acids is 1. The molecule has 0 aromatic heterocycles. The van der Waals surface area contributed by atoms with Gasteiger partial charge in [-0.15, -0.1) is 0 Å². The van der Waals surface area contributed by atoms with Crippen LogP contribution >= 0.6 is 7.82 Å². The van der Waals surface area contributed by atoms with Gasteiger partial charge >= 0.3 is 160 Å². The molecule has 0 aromatic carbocycles. The Bertz CT molecular complexity index is 233. The Morgan fingerprint density at radius 1 is 1.24 bits per heavy atom. The number of phosphoric acid groups is 1. The molecule has 0 rings (SSSR count). The predicted molar refractivity (Wildman–Crippen MR) is 43.7 cm³/mol. The number of carbonyl (C=O) groups is 1. The fraction of sp³-hybridized carbons (Fsp3) is 0.571. The van der Waals surface area contributed by atoms with Gasteiger partial charge in [0, 0.05) is 5.57 Å². The molecule has 0 saturated carbocycles. The van der Waals surface area contributed by atoms with Crippen LogP contribution in [0.25, 0.3) is 0 Å². The molecule has 0 unspecified atom stereocenters. The van der Waals surface area contributed by atoms with Crippen LogP contribution in [0.5, 0.6) is 0 Å². The van der Waals surface area contributed by atoms with Gasteiger partial charge in [-0.2, -0.15) is 7.82 Å². The predicted octanol–water partition coefficient (Wildman–Crippen LogP) is -10.3. The average molecular weight is 340 g/mol. The first-order valence-corrected chi connectivity index (χ1v) is 5.20. The number of hydrogen-bond acceptors (Lipinski definition) is 6. The Hall–Kier alpha value is 4.23. The molecule has 0 saturated heterocycles. The van der Waals surface area contributed by atoms with Crippen molar-refractivity contribution in [2.24, 2.45) is 0 Å². The zero-order valence-electron chi connectivity index (χ0n) is 11.0. The molecule has 84 valence electrons. The van der Waals surface area contributed by atoms with E-state index in [4.69, 9.17) is 24.0 Å². The molecule has 0 aliphatic rings. The SMILES string of the molecule is C=C(C)C(=O)OCCC.O=P([O-])([O-])[O-].[K+].[K+].[K+]. The minimum absolute atomic E-state index is 0. The Balaban J connectivity index is -0.0000000533. The molecule has 0 spiro atoms. The van der Waals surface area contributed by atoms with Crippen molar-refractivity contribution in [2.75, 3.05) is 6.61 Å². The van der Waals surface area contributed by atoms with Crippen LogP contribution in [-0.2, 0) is 14.1 Å². The Morgan fingerprint density at radius 2 is 1.53 bits per heavy atom. The van der Waals surface area contributed by atoms with Crippen molar-refractivity contribution in [1.82, 2.24) is 0 Å². The maximum absolute atomic E-state index is 10.6. The van der Waals surface area contributed by atoms with Crippen LogP contribution in [0.4, 0.5) is 0 Å². The molecule has 0 atom stereocenters. The third kappa shape index (κ3) is 44.9. The number of hydrogen-bond donors (Lipinski definition) is 0. The normalized spacial score (nSPS) is 8.06. The summed E-state index contributed by atoms with van der Waals surface area (Å²) in [6, 6.07) is 0. The Kier molecular flexibility index (Phi) is 39.2. The molecule has 0 N–H and O–H groups in total. The number of rotatable bonds is 3. The van der Waals surface area contributed by atoms with Crippen molar-refractivity contribution >= 4 is 13.8 Å². The summed E-state index contributed by atoms with van der Waals surface area (Å²) in [4.78, 5) is 36.2. The molecule has 0 aliphatic heterocycles. The van der Waals surface area contributed by atoms with Gasteiger partial charge in [-0.3, -0.25) is 0 Å². The molecule has 0 radical (unpaired) electrons. The van der Waals surface area contributed by atoms with Crippen LogP contribution in [-0.4, -0.2) is 12.6 Å². The molecule has 6 nitrogen and oxygen atoms in total. The van der Waals surface area contributed by atoms with Crippen LogP contribution in [0, 0.1) is 0 Å². The molecule has 10 heteroatoms. The second-order valence-corrected chi connectivity index (χ2v) is 3.26. The van der Waals surface area contributed by atoms with Gasteiger partial charge in [-0.25, -0.2) is 4.79 Å². The maximum atomic E-state index is 10.6. The van der Waals surface area contributed by atoms with Crippen molar-refractivity contribution in [3.8, 4) is 0 Å². The molecular formula is C7H12K3O6P. The van der Waals surface area contributed by atoms with Crippen molar-refractivity contribution in [3.63, 3.8) is 0 Å². The van der Waals surface area contributed by atoms with E-state index in [2.05, 4.69) is 6.58 Å². The van der Waals surface area contributed by atoms with Crippen LogP contribution in [0.1, 0.15) is 20.3 Å². The summed E-state index contributed by atoms with van der Waals surface area (Å²) < 4.78 is 13.3. The van der Waals surface area contributed by atoms with Gasteiger partial charge in [-0.05, 0) is 13.3 Å². The summed E-state index contributed by atoms with van der Waals surface area (Å²) in [5.74, 6) is -0.295. The minimum Gasteiger partial charge on any atom is -0.822 e. The summed E-state index contributed by atoms with van der Waals surface area (Å²) in [7, 11) is -5.39. The Labute approximate surface area is 229 Å². The van der Waals surface area contributed by atoms with E-state index < -0.39 is 7.82 Å². The summed E-state index contributed by atoms with van der Waals surface area (Å²) >= 11 is 0. The van der Waals surface area contributed by atoms with Crippen molar-refractivity contribution in [3.05, 3.63) is 12.2 Å². The van der Waals surface area contributed by atoms with Crippen molar-refractivity contribution < 1.29 is 183 Å². The molecule has 0 heterocycles. The third-order valence-corrected chi connectivity index (χ3v) is 0.786. The van der Waals surface area contributed by atoms with E-state index in [9.17, 15) is 4.79 Å². The first kappa shape index (κ1) is 33.0. The fourth-order valence-corrected chi connectivity index (χ4v) is 0.318. The molecule has 17 heavy (non-hydrogen) atoms. The first-order valence-electron chi connectivity index (χ1n) is 3.74. The molecule has 0 aliphatic carbocycles. The van der Waals surface area contributed by atoms with Crippen LogP contribution in [0.3, 0.4) is 0 Å². The maximum Gasteiger partial charge on any atom is 1.00 e. The third-order valence-electron chi connectivity index (χ3n) is 0.786. The van der Waals surface area contributed by atoms with E-state index in [0.717, 1.165) is 6.42 Å². The smallest absolute Gasteiger partial charge is 0.822 e. The van der Waals surface area contributed by atoms with Gasteiger partial charge in [-0.1, -0.05) is 13.5 Å². The van der Waals surface area contributed by atoms with Gasteiger partial charge in [0.25, 0.3) is 0 Å². The van der Waals surface area contributed by atoms with Crippen LogP contribution in [0.15, 0.2) is 12.2 Å². The molecule has 0 bridgehead atoms. The largest absolute Gasteiger partial charge is 1.00 e. The molecule has 0 amide bonds. The molecule has 0 fully saturated rings. The van der Waals surface area contributed by atoms with Gasteiger partial charge in [0.1, 0.15) is 0 Å². The minimum atomic E-state index is -5.39. The second-order valence-electron chi connectivity index (χ2n) is 2.36. The van der Waals surface area contributed by atoms with E-state index in [1.165, 1.54) is 0 Å². The van der Waals surface area contributed by atoms with Gasteiger partial charge in [0.15, 0.2) is 0 Å². The number of esters is 1. The zero-order valence-corrected chi connectivity index (χ0v) is 21.3. The van der Waals surface area contributed by atoms with Gasteiger partial charge in [0.2, 0.25) is 0 Å². The van der Waals surface area contributed by atoms with E-state index >= 15 is 0 Å². The monoisotopic (exact) mass is 340 g/mol. The summed E-state index contributed by atoms with van der Waals surface area (Å²) in [5.41, 5.74) is 0.462. The van der Waals surface area contributed by atoms with Crippen LogP contribution < -0.4 is 169 Å². The zero-order chi connectivity index (χ0) is 11.8. The fourth-order valence-electron chi connectivity index (χ4n) is 0.318. The van der Waals surface area contributed by atoms with E-state index in [-0.39, 0.29) is 160 Å². The van der Waals surface area contributed by atoms with Crippen molar-refractivity contribution in [1.29, 1.82) is 0 Å². The Morgan fingerprint density at radius 3 is 1.71 bits per heavy atom. The van der Waals surface area contributed by atoms with Gasteiger partial charge in [0.05, 0.1) is 6.61 Å². The summed E-state index contributed by atoms with van der Waals surface area (Å²) in [6.07, 6.45) is 0.860. The number of ether oxygens (including phenoxy) is 1. The van der Waals surface area contributed by atoms with Crippen LogP contribution in [0.2, 0.25) is 0 Å². The van der Waals surface area contributed by atoms with E-state index in [0.29, 0.717) is 12.2 Å². The standard InChI is InChI=1S/C7H12O2.3K.H3O4P/c1-4-5-9-7(8)6(2)3;;;;1-5(2,3)4/h2,4-5H2,1,3H3;;;;(H3,1,2,3,4)/q;3*+1;/p-3. The molecule has 0 aromatic rings. The van der Waals surface area contributed by atoms with E-state index in [1.807, 2.05) is 6.92 Å². The quantitative estimate of drug-likeness (QED) is 0.218.